The van der Waals surface area contributed by atoms with Gasteiger partial charge in [0, 0.05) is 6.04 Å². The van der Waals surface area contributed by atoms with E-state index >= 15 is 0 Å². The average Bonchev–Trinajstić information content (AvgIpc) is 3.07. The van der Waals surface area contributed by atoms with Gasteiger partial charge in [-0.15, -0.1) is 0 Å². The van der Waals surface area contributed by atoms with Crippen LogP contribution in [-0.4, -0.2) is 36.6 Å². The molecular weight excluding hydrogens is 254 g/mol. The van der Waals surface area contributed by atoms with Crippen molar-refractivity contribution >= 4 is 28.3 Å². The lowest BCUT2D eigenvalue weighted by Gasteiger charge is -2.03. The summed E-state index contributed by atoms with van der Waals surface area (Å²) >= 11 is 1.19. The predicted octanol–water partition coefficient (Wildman–Crippen LogP) is 0.929. The van der Waals surface area contributed by atoms with Crippen LogP contribution in [0.5, 0.6) is 0 Å². The number of anilines is 1. The lowest BCUT2D eigenvalue weighted by atomic mass is 10.4. The lowest BCUT2D eigenvalue weighted by molar-refractivity contribution is -0.119. The Kier molecular flexibility index (Phi) is 3.81. The summed E-state index contributed by atoms with van der Waals surface area (Å²) in [5.41, 5.74) is 0.608. The molecule has 1 aromatic heterocycles. The fraction of sp³-hybridized carbons (Fsp3) is 0.545. The van der Waals surface area contributed by atoms with Gasteiger partial charge in [0.15, 0.2) is 5.13 Å². The number of thiazole rings is 1. The minimum absolute atomic E-state index is 0.0510. The molecule has 0 aliphatic heterocycles. The minimum Gasteiger partial charge on any atom is -0.465 e. The summed E-state index contributed by atoms with van der Waals surface area (Å²) in [5, 5.41) is 6.32. The van der Waals surface area contributed by atoms with Crippen LogP contribution in [0.1, 0.15) is 28.2 Å². The van der Waals surface area contributed by atoms with Gasteiger partial charge in [-0.05, 0) is 19.8 Å². The van der Waals surface area contributed by atoms with E-state index in [-0.39, 0.29) is 12.5 Å². The highest BCUT2D eigenvalue weighted by Gasteiger charge is 2.23. The van der Waals surface area contributed by atoms with Crippen molar-refractivity contribution in [3.05, 3.63) is 10.6 Å². The van der Waals surface area contributed by atoms with Crippen molar-refractivity contribution in [1.82, 2.24) is 10.3 Å². The van der Waals surface area contributed by atoms with E-state index in [2.05, 4.69) is 20.4 Å². The molecule has 1 aliphatic rings. The van der Waals surface area contributed by atoms with Gasteiger partial charge in [0.05, 0.1) is 19.3 Å². The van der Waals surface area contributed by atoms with E-state index in [4.69, 9.17) is 0 Å². The van der Waals surface area contributed by atoms with Crippen LogP contribution in [0.25, 0.3) is 0 Å². The van der Waals surface area contributed by atoms with Gasteiger partial charge >= 0.3 is 5.97 Å². The number of rotatable bonds is 5. The Balaban J connectivity index is 1.88. The first-order valence-electron chi connectivity index (χ1n) is 5.69. The van der Waals surface area contributed by atoms with E-state index in [1.54, 1.807) is 6.92 Å². The number of esters is 1. The zero-order chi connectivity index (χ0) is 13.1. The molecule has 2 rings (SSSR count). The molecule has 1 fully saturated rings. The number of hydrogen-bond donors (Lipinski definition) is 2. The van der Waals surface area contributed by atoms with Crippen LogP contribution < -0.4 is 10.6 Å². The van der Waals surface area contributed by atoms with Crippen molar-refractivity contribution in [3.8, 4) is 0 Å². The van der Waals surface area contributed by atoms with E-state index in [9.17, 15) is 9.59 Å². The van der Waals surface area contributed by atoms with Crippen LogP contribution in [0, 0.1) is 6.92 Å². The zero-order valence-electron chi connectivity index (χ0n) is 10.3. The van der Waals surface area contributed by atoms with E-state index in [1.807, 2.05) is 0 Å². The molecule has 0 atom stereocenters. The molecule has 2 N–H and O–H groups in total. The van der Waals surface area contributed by atoms with Gasteiger partial charge < -0.3 is 15.4 Å². The number of amides is 1. The highest BCUT2D eigenvalue weighted by Crippen LogP contribution is 2.23. The molecule has 0 aromatic carbocycles. The van der Waals surface area contributed by atoms with E-state index in [0.717, 1.165) is 12.8 Å². The highest BCUT2D eigenvalue weighted by molar-refractivity contribution is 7.17. The molecule has 1 saturated carbocycles. The summed E-state index contributed by atoms with van der Waals surface area (Å²) in [6.45, 7) is 1.91. The molecule has 98 valence electrons. The summed E-state index contributed by atoms with van der Waals surface area (Å²) in [5.74, 6) is -0.453. The van der Waals surface area contributed by atoms with E-state index in [0.29, 0.717) is 21.7 Å². The zero-order valence-corrected chi connectivity index (χ0v) is 11.1. The monoisotopic (exact) mass is 269 g/mol. The fourth-order valence-electron chi connectivity index (χ4n) is 1.42. The lowest BCUT2D eigenvalue weighted by Crippen LogP contribution is -2.31. The molecular formula is C11H15N3O3S. The number of ether oxygens (including phenoxy) is 1. The van der Waals surface area contributed by atoms with E-state index in [1.165, 1.54) is 18.4 Å². The molecule has 1 heterocycles. The third kappa shape index (κ3) is 3.19. The highest BCUT2D eigenvalue weighted by atomic mass is 32.1. The summed E-state index contributed by atoms with van der Waals surface area (Å²) in [6.07, 6.45) is 2.13. The molecule has 6 nitrogen and oxygen atoms in total. The maximum Gasteiger partial charge on any atom is 0.350 e. The topological polar surface area (TPSA) is 80.3 Å². The van der Waals surface area contributed by atoms with Crippen molar-refractivity contribution in [1.29, 1.82) is 0 Å². The number of aryl methyl sites for hydroxylation is 1. The number of nitrogens with one attached hydrogen (secondary N) is 2. The van der Waals surface area contributed by atoms with Crippen molar-refractivity contribution in [2.75, 3.05) is 19.0 Å². The molecule has 0 saturated heterocycles. The van der Waals surface area contributed by atoms with Crippen molar-refractivity contribution < 1.29 is 14.3 Å². The summed E-state index contributed by atoms with van der Waals surface area (Å²) in [4.78, 5) is 27.5. The first-order chi connectivity index (χ1) is 8.60. The normalized spacial score (nSPS) is 14.1. The third-order valence-corrected chi connectivity index (χ3v) is 3.61. The molecule has 1 amide bonds. The summed E-state index contributed by atoms with van der Waals surface area (Å²) in [7, 11) is 1.33. The van der Waals surface area contributed by atoms with Gasteiger partial charge in [0.25, 0.3) is 0 Å². The molecule has 7 heteroatoms. The van der Waals surface area contributed by atoms with Crippen LogP contribution in [0.3, 0.4) is 0 Å². The van der Waals surface area contributed by atoms with Crippen LogP contribution in [0.4, 0.5) is 5.13 Å². The summed E-state index contributed by atoms with van der Waals surface area (Å²) in [6, 6.07) is 0.350. The quantitative estimate of drug-likeness (QED) is 0.777. The fourth-order valence-corrected chi connectivity index (χ4v) is 2.30. The van der Waals surface area contributed by atoms with Crippen LogP contribution in [0.15, 0.2) is 0 Å². The van der Waals surface area contributed by atoms with Gasteiger partial charge in [0.2, 0.25) is 5.91 Å². The standard InChI is InChI=1S/C11H15N3O3S/c1-6-9(10(16)17-2)18-11(13-6)12-5-8(15)14-7-3-4-7/h7H,3-5H2,1-2H3,(H,12,13)(H,14,15). The van der Waals surface area contributed by atoms with Crippen LogP contribution >= 0.6 is 11.3 Å². The van der Waals surface area contributed by atoms with Crippen molar-refractivity contribution in [3.63, 3.8) is 0 Å². The Hall–Kier alpha value is -1.63. The van der Waals surface area contributed by atoms with Crippen LogP contribution in [-0.2, 0) is 9.53 Å². The maximum absolute atomic E-state index is 11.5. The number of methoxy groups -OCH3 is 1. The second-order valence-corrected chi connectivity index (χ2v) is 5.12. The van der Waals surface area contributed by atoms with Gasteiger partial charge in [-0.2, -0.15) is 0 Å². The Labute approximate surface area is 109 Å². The maximum atomic E-state index is 11.5. The third-order valence-electron chi connectivity index (χ3n) is 2.51. The molecule has 0 spiro atoms. The number of hydrogen-bond acceptors (Lipinski definition) is 6. The summed E-state index contributed by atoms with van der Waals surface area (Å²) < 4.78 is 4.64. The molecule has 0 bridgehead atoms. The van der Waals surface area contributed by atoms with Crippen LogP contribution in [0.2, 0.25) is 0 Å². The number of nitrogens with zero attached hydrogens (tertiary/aromatic N) is 1. The van der Waals surface area contributed by atoms with Crippen molar-refractivity contribution in [2.24, 2.45) is 0 Å². The molecule has 0 radical (unpaired) electrons. The second-order valence-electron chi connectivity index (χ2n) is 4.12. The molecule has 1 aliphatic carbocycles. The molecule has 18 heavy (non-hydrogen) atoms. The largest absolute Gasteiger partial charge is 0.465 e. The van der Waals surface area contributed by atoms with E-state index < -0.39 is 5.97 Å². The smallest absolute Gasteiger partial charge is 0.350 e. The second kappa shape index (κ2) is 5.34. The van der Waals surface area contributed by atoms with Gasteiger partial charge in [-0.3, -0.25) is 4.79 Å². The molecule has 1 aromatic rings. The Morgan fingerprint density at radius 2 is 2.22 bits per heavy atom. The Morgan fingerprint density at radius 1 is 1.50 bits per heavy atom. The Bertz CT molecular complexity index is 468. The number of aromatic nitrogens is 1. The number of carbonyl (C=O) groups excluding carboxylic acids is 2. The van der Waals surface area contributed by atoms with Crippen molar-refractivity contribution in [2.45, 2.75) is 25.8 Å². The first kappa shape index (κ1) is 12.8. The predicted molar refractivity (Wildman–Crippen MR) is 67.8 cm³/mol. The Morgan fingerprint density at radius 3 is 2.83 bits per heavy atom. The van der Waals surface area contributed by atoms with Gasteiger partial charge in [-0.25, -0.2) is 9.78 Å². The number of carbonyl (C=O) groups is 2. The first-order valence-corrected chi connectivity index (χ1v) is 6.50. The SMILES string of the molecule is COC(=O)c1sc(NCC(=O)NC2CC2)nc1C. The molecule has 0 unspecified atom stereocenters. The van der Waals surface area contributed by atoms with Gasteiger partial charge in [-0.1, -0.05) is 11.3 Å². The minimum atomic E-state index is -0.402. The van der Waals surface area contributed by atoms with Gasteiger partial charge in [0.1, 0.15) is 4.88 Å². The average molecular weight is 269 g/mol.